The van der Waals surface area contributed by atoms with Gasteiger partial charge in [0.25, 0.3) is 0 Å². The molecule has 5 heteroatoms. The topological polar surface area (TPSA) is 57.8 Å². The molecule has 0 saturated heterocycles. The molecule has 3 rings (SSSR count). The molecular weight excluding hydrogens is 282 g/mol. The molecule has 0 bridgehead atoms. The highest BCUT2D eigenvalue weighted by Gasteiger charge is 2.05. The summed E-state index contributed by atoms with van der Waals surface area (Å²) in [4.78, 5) is 13.2. The van der Waals surface area contributed by atoms with E-state index in [1.54, 1.807) is 17.5 Å². The molecule has 2 N–H and O–H groups in total. The van der Waals surface area contributed by atoms with E-state index in [9.17, 15) is 4.79 Å². The maximum absolute atomic E-state index is 12.0. The molecule has 1 amide bonds. The Bertz CT molecular complexity index is 705. The van der Waals surface area contributed by atoms with Crippen molar-refractivity contribution in [2.24, 2.45) is 0 Å². The number of hydrogen-bond acceptors (Lipinski definition) is 3. The van der Waals surface area contributed by atoms with Gasteiger partial charge < -0.3 is 5.32 Å². The van der Waals surface area contributed by atoms with Crippen LogP contribution in [0.3, 0.4) is 0 Å². The van der Waals surface area contributed by atoms with Gasteiger partial charge in [0, 0.05) is 28.7 Å². The summed E-state index contributed by atoms with van der Waals surface area (Å²) in [6.07, 6.45) is 2.99. The number of H-pyrrole nitrogens is 1. The molecular formula is C16H15N3OS. The van der Waals surface area contributed by atoms with E-state index in [4.69, 9.17) is 0 Å². The molecule has 0 fully saturated rings. The van der Waals surface area contributed by atoms with Crippen LogP contribution in [0.4, 0.5) is 5.69 Å². The van der Waals surface area contributed by atoms with Crippen LogP contribution in [-0.2, 0) is 11.2 Å². The van der Waals surface area contributed by atoms with Gasteiger partial charge >= 0.3 is 0 Å². The van der Waals surface area contributed by atoms with E-state index in [1.165, 1.54) is 4.88 Å². The number of rotatable bonds is 5. The lowest BCUT2D eigenvalue weighted by molar-refractivity contribution is -0.116. The molecule has 0 atom stereocenters. The van der Waals surface area contributed by atoms with Crippen molar-refractivity contribution in [3.05, 3.63) is 58.9 Å². The minimum atomic E-state index is 0.0326. The highest BCUT2D eigenvalue weighted by atomic mass is 32.1. The maximum Gasteiger partial charge on any atom is 0.224 e. The van der Waals surface area contributed by atoms with Crippen LogP contribution in [0, 0.1) is 0 Å². The van der Waals surface area contributed by atoms with Crippen molar-refractivity contribution < 1.29 is 4.79 Å². The van der Waals surface area contributed by atoms with Crippen LogP contribution in [0.1, 0.15) is 11.3 Å². The summed E-state index contributed by atoms with van der Waals surface area (Å²) in [7, 11) is 0. The fraction of sp³-hybridized carbons (Fsp3) is 0.125. The molecule has 0 aliphatic carbocycles. The molecule has 0 aliphatic heterocycles. The minimum Gasteiger partial charge on any atom is -0.326 e. The second-order valence-electron chi connectivity index (χ2n) is 4.68. The number of benzene rings is 1. The van der Waals surface area contributed by atoms with Gasteiger partial charge in [-0.05, 0) is 36.1 Å². The molecule has 0 spiro atoms. The number of carbonyl (C=O) groups excluding carboxylic acids is 1. The molecule has 0 saturated carbocycles. The zero-order valence-corrected chi connectivity index (χ0v) is 12.2. The van der Waals surface area contributed by atoms with Crippen molar-refractivity contribution in [3.63, 3.8) is 0 Å². The zero-order chi connectivity index (χ0) is 14.5. The number of nitrogens with one attached hydrogen (secondary N) is 2. The fourth-order valence-corrected chi connectivity index (χ4v) is 2.81. The Morgan fingerprint density at radius 2 is 2.19 bits per heavy atom. The van der Waals surface area contributed by atoms with Gasteiger partial charge in [0.2, 0.25) is 5.91 Å². The first kappa shape index (κ1) is 13.6. The van der Waals surface area contributed by atoms with Crippen LogP contribution in [0.2, 0.25) is 0 Å². The lowest BCUT2D eigenvalue weighted by Crippen LogP contribution is -2.12. The summed E-state index contributed by atoms with van der Waals surface area (Å²) < 4.78 is 0. The summed E-state index contributed by atoms with van der Waals surface area (Å²) in [6.45, 7) is 0. The predicted molar refractivity (Wildman–Crippen MR) is 85.3 cm³/mol. The smallest absolute Gasteiger partial charge is 0.224 e. The third-order valence-corrected chi connectivity index (χ3v) is 4.07. The van der Waals surface area contributed by atoms with Gasteiger partial charge in [-0.15, -0.1) is 11.3 Å². The lowest BCUT2D eigenvalue weighted by Gasteiger charge is -2.06. The standard InChI is InChI=1S/C16H15N3OS/c20-16(7-6-14-5-2-10-21-14)18-13-4-1-3-12(11-13)15-8-9-17-19-15/h1-5,8-11H,6-7H2,(H,17,19)(H,18,20). The van der Waals surface area contributed by atoms with E-state index in [0.717, 1.165) is 23.4 Å². The van der Waals surface area contributed by atoms with Crippen LogP contribution in [0.5, 0.6) is 0 Å². The molecule has 2 heterocycles. The number of carbonyl (C=O) groups is 1. The number of amides is 1. The lowest BCUT2D eigenvalue weighted by atomic mass is 10.1. The van der Waals surface area contributed by atoms with E-state index in [2.05, 4.69) is 21.6 Å². The van der Waals surface area contributed by atoms with Crippen molar-refractivity contribution >= 4 is 22.9 Å². The Morgan fingerprint density at radius 1 is 1.24 bits per heavy atom. The van der Waals surface area contributed by atoms with Crippen molar-refractivity contribution in [3.8, 4) is 11.3 Å². The van der Waals surface area contributed by atoms with Gasteiger partial charge in [-0.25, -0.2) is 0 Å². The first-order valence-electron chi connectivity index (χ1n) is 6.73. The number of nitrogens with zero attached hydrogens (tertiary/aromatic N) is 1. The predicted octanol–water partition coefficient (Wildman–Crippen LogP) is 3.71. The van der Waals surface area contributed by atoms with Crippen LogP contribution < -0.4 is 5.32 Å². The van der Waals surface area contributed by atoms with E-state index in [1.807, 2.05) is 41.8 Å². The number of aromatic amines is 1. The first-order valence-corrected chi connectivity index (χ1v) is 7.61. The number of anilines is 1. The third kappa shape index (κ3) is 3.58. The summed E-state index contributed by atoms with van der Waals surface area (Å²) in [5.74, 6) is 0.0326. The van der Waals surface area contributed by atoms with E-state index >= 15 is 0 Å². The molecule has 106 valence electrons. The molecule has 1 aromatic carbocycles. The second-order valence-corrected chi connectivity index (χ2v) is 5.71. The average molecular weight is 297 g/mol. The van der Waals surface area contributed by atoms with Crippen molar-refractivity contribution in [1.29, 1.82) is 0 Å². The summed E-state index contributed by atoms with van der Waals surface area (Å²) in [6, 6.07) is 13.7. The molecule has 0 aliphatic rings. The van der Waals surface area contributed by atoms with Gasteiger partial charge in [-0.2, -0.15) is 5.10 Å². The Kier molecular flexibility index (Phi) is 4.12. The summed E-state index contributed by atoms with van der Waals surface area (Å²) >= 11 is 1.68. The molecule has 3 aromatic rings. The SMILES string of the molecule is O=C(CCc1cccs1)Nc1cccc(-c2ccn[nH]2)c1. The summed E-state index contributed by atoms with van der Waals surface area (Å²) in [5, 5.41) is 11.8. The van der Waals surface area contributed by atoms with E-state index in [-0.39, 0.29) is 5.91 Å². The molecule has 21 heavy (non-hydrogen) atoms. The monoisotopic (exact) mass is 297 g/mol. The van der Waals surface area contributed by atoms with Crippen molar-refractivity contribution in [2.45, 2.75) is 12.8 Å². The van der Waals surface area contributed by atoms with Gasteiger partial charge in [-0.3, -0.25) is 9.89 Å². The Balaban J connectivity index is 1.62. The van der Waals surface area contributed by atoms with Gasteiger partial charge in [0.05, 0.1) is 5.69 Å². The van der Waals surface area contributed by atoms with Crippen LogP contribution in [0.15, 0.2) is 54.0 Å². The number of aromatic nitrogens is 2. The zero-order valence-electron chi connectivity index (χ0n) is 11.4. The van der Waals surface area contributed by atoms with E-state index in [0.29, 0.717) is 6.42 Å². The molecule has 0 radical (unpaired) electrons. The Labute approximate surface area is 126 Å². The highest BCUT2D eigenvalue weighted by molar-refractivity contribution is 7.09. The Hall–Kier alpha value is -2.40. The van der Waals surface area contributed by atoms with Gasteiger partial charge in [0.1, 0.15) is 0 Å². The van der Waals surface area contributed by atoms with Crippen molar-refractivity contribution in [1.82, 2.24) is 10.2 Å². The Morgan fingerprint density at radius 3 is 2.95 bits per heavy atom. The van der Waals surface area contributed by atoms with Crippen LogP contribution >= 0.6 is 11.3 Å². The average Bonchev–Trinajstić information content (AvgIpc) is 3.19. The molecule has 2 aromatic heterocycles. The van der Waals surface area contributed by atoms with Gasteiger partial charge in [0.15, 0.2) is 0 Å². The molecule has 0 unspecified atom stereocenters. The fourth-order valence-electron chi connectivity index (χ4n) is 2.10. The minimum absolute atomic E-state index is 0.0326. The van der Waals surface area contributed by atoms with Crippen LogP contribution in [0.25, 0.3) is 11.3 Å². The molecule has 4 nitrogen and oxygen atoms in total. The van der Waals surface area contributed by atoms with E-state index < -0.39 is 0 Å². The summed E-state index contributed by atoms with van der Waals surface area (Å²) in [5.41, 5.74) is 2.74. The normalized spacial score (nSPS) is 10.5. The highest BCUT2D eigenvalue weighted by Crippen LogP contribution is 2.20. The number of aryl methyl sites for hydroxylation is 1. The van der Waals surface area contributed by atoms with Crippen molar-refractivity contribution in [2.75, 3.05) is 5.32 Å². The van der Waals surface area contributed by atoms with Crippen LogP contribution in [-0.4, -0.2) is 16.1 Å². The third-order valence-electron chi connectivity index (χ3n) is 3.14. The quantitative estimate of drug-likeness (QED) is 0.754. The first-order chi connectivity index (χ1) is 10.3. The second kappa shape index (κ2) is 6.37. The number of thiophene rings is 1. The largest absolute Gasteiger partial charge is 0.326 e. The number of hydrogen-bond donors (Lipinski definition) is 2. The van der Waals surface area contributed by atoms with Gasteiger partial charge in [-0.1, -0.05) is 18.2 Å². The maximum atomic E-state index is 12.0.